The van der Waals surface area contributed by atoms with Crippen LogP contribution in [0.4, 0.5) is 5.69 Å². The minimum absolute atomic E-state index is 0.0651. The van der Waals surface area contributed by atoms with Crippen LogP contribution in [-0.4, -0.2) is 65.4 Å². The molecule has 2 aromatic rings. The van der Waals surface area contributed by atoms with Crippen molar-refractivity contribution in [1.29, 1.82) is 5.26 Å². The molecule has 1 aromatic heterocycles. The minimum atomic E-state index is -0.237. The highest BCUT2D eigenvalue weighted by atomic mass is 16.5. The van der Waals surface area contributed by atoms with Crippen molar-refractivity contribution >= 4 is 23.4 Å². The number of rotatable bonds is 7. The largest absolute Gasteiger partial charge is 0.351 e. The second-order valence-electron chi connectivity index (χ2n) is 7.29. The van der Waals surface area contributed by atoms with Crippen LogP contribution in [-0.2, 0) is 9.59 Å². The molecule has 9 heteroatoms. The SMILES string of the molecule is Cc1cc(C(=O)N2CCN(C(=O)CCC(=O)N(CCC#N)c3ccccc3)CC2)on1. The van der Waals surface area contributed by atoms with Crippen molar-refractivity contribution in [3.8, 4) is 6.07 Å². The maximum absolute atomic E-state index is 12.7. The molecule has 0 N–H and O–H groups in total. The molecule has 0 unspecified atom stereocenters. The number of hydrogen-bond acceptors (Lipinski definition) is 6. The first-order valence-electron chi connectivity index (χ1n) is 10.2. The molecular formula is C22H25N5O4. The minimum Gasteiger partial charge on any atom is -0.351 e. The van der Waals surface area contributed by atoms with Crippen LogP contribution in [0, 0.1) is 18.3 Å². The quantitative estimate of drug-likeness (QED) is 0.673. The Hall–Kier alpha value is -3.67. The molecule has 1 fully saturated rings. The van der Waals surface area contributed by atoms with E-state index in [4.69, 9.17) is 9.78 Å². The van der Waals surface area contributed by atoms with Crippen LogP contribution < -0.4 is 4.90 Å². The van der Waals surface area contributed by atoms with E-state index < -0.39 is 0 Å². The van der Waals surface area contributed by atoms with Gasteiger partial charge in [-0.25, -0.2) is 0 Å². The third-order valence-corrected chi connectivity index (χ3v) is 5.13. The summed E-state index contributed by atoms with van der Waals surface area (Å²) in [6.45, 7) is 3.64. The summed E-state index contributed by atoms with van der Waals surface area (Å²) in [6, 6.07) is 12.8. The number of benzene rings is 1. The number of piperazine rings is 1. The van der Waals surface area contributed by atoms with E-state index in [1.165, 1.54) is 0 Å². The first-order chi connectivity index (χ1) is 15.0. The number of aryl methyl sites for hydroxylation is 1. The monoisotopic (exact) mass is 423 g/mol. The molecule has 1 aliphatic rings. The van der Waals surface area contributed by atoms with Crippen molar-refractivity contribution in [3.05, 3.63) is 47.9 Å². The molecule has 0 aliphatic carbocycles. The number of hydrogen-bond donors (Lipinski definition) is 0. The Morgan fingerprint density at radius 2 is 1.77 bits per heavy atom. The standard InChI is InChI=1S/C22H25N5O4/c1-17-16-19(31-24-17)22(30)26-14-12-25(13-15-26)20(28)8-9-21(29)27(11-5-10-23)18-6-3-2-4-7-18/h2-4,6-7,16H,5,8-9,11-15H2,1H3. The summed E-state index contributed by atoms with van der Waals surface area (Å²) < 4.78 is 5.02. The van der Waals surface area contributed by atoms with E-state index in [2.05, 4.69) is 11.2 Å². The fraction of sp³-hybridized carbons (Fsp3) is 0.409. The van der Waals surface area contributed by atoms with E-state index in [9.17, 15) is 14.4 Å². The zero-order chi connectivity index (χ0) is 22.2. The number of nitriles is 1. The van der Waals surface area contributed by atoms with Gasteiger partial charge >= 0.3 is 0 Å². The number of aromatic nitrogens is 1. The number of amides is 3. The molecular weight excluding hydrogens is 398 g/mol. The zero-order valence-corrected chi connectivity index (χ0v) is 17.5. The average molecular weight is 423 g/mol. The molecule has 0 radical (unpaired) electrons. The van der Waals surface area contributed by atoms with Gasteiger partial charge in [0.15, 0.2) is 0 Å². The van der Waals surface area contributed by atoms with Crippen molar-refractivity contribution < 1.29 is 18.9 Å². The van der Waals surface area contributed by atoms with Crippen molar-refractivity contribution in [2.45, 2.75) is 26.2 Å². The van der Waals surface area contributed by atoms with E-state index in [0.717, 1.165) is 0 Å². The highest BCUT2D eigenvalue weighted by Gasteiger charge is 2.27. The van der Waals surface area contributed by atoms with Gasteiger partial charge in [-0.1, -0.05) is 23.4 Å². The third-order valence-electron chi connectivity index (χ3n) is 5.13. The van der Waals surface area contributed by atoms with Crippen LogP contribution in [0.5, 0.6) is 0 Å². The fourth-order valence-electron chi connectivity index (χ4n) is 3.45. The molecule has 1 saturated heterocycles. The summed E-state index contributed by atoms with van der Waals surface area (Å²) in [5.74, 6) is -0.353. The van der Waals surface area contributed by atoms with Crippen LogP contribution in [0.1, 0.15) is 35.5 Å². The Bertz CT molecular complexity index is 958. The van der Waals surface area contributed by atoms with Gasteiger partial charge in [0, 0.05) is 57.3 Å². The summed E-state index contributed by atoms with van der Waals surface area (Å²) in [5.41, 5.74) is 1.35. The van der Waals surface area contributed by atoms with Crippen molar-refractivity contribution in [2.24, 2.45) is 0 Å². The molecule has 0 spiro atoms. The molecule has 3 amide bonds. The lowest BCUT2D eigenvalue weighted by Gasteiger charge is -2.34. The van der Waals surface area contributed by atoms with E-state index >= 15 is 0 Å². The van der Waals surface area contributed by atoms with Gasteiger partial charge in [0.2, 0.25) is 17.6 Å². The van der Waals surface area contributed by atoms with E-state index in [1.807, 2.05) is 30.3 Å². The van der Waals surface area contributed by atoms with Gasteiger partial charge in [0.1, 0.15) is 0 Å². The molecule has 0 saturated carbocycles. The highest BCUT2D eigenvalue weighted by Crippen LogP contribution is 2.16. The summed E-state index contributed by atoms with van der Waals surface area (Å²) >= 11 is 0. The number of anilines is 1. The van der Waals surface area contributed by atoms with Gasteiger partial charge in [0.25, 0.3) is 5.91 Å². The van der Waals surface area contributed by atoms with Crippen molar-refractivity contribution in [1.82, 2.24) is 15.0 Å². The molecule has 31 heavy (non-hydrogen) atoms. The van der Waals surface area contributed by atoms with Gasteiger partial charge < -0.3 is 19.2 Å². The molecule has 0 atom stereocenters. The Kier molecular flexibility index (Phi) is 7.38. The van der Waals surface area contributed by atoms with Crippen LogP contribution in [0.15, 0.2) is 40.9 Å². The predicted octanol–water partition coefficient (Wildman–Crippen LogP) is 1.99. The van der Waals surface area contributed by atoms with Gasteiger partial charge in [-0.3, -0.25) is 14.4 Å². The topological polar surface area (TPSA) is 111 Å². The number of carbonyl (C=O) groups excluding carboxylic acids is 3. The number of carbonyl (C=O) groups is 3. The smallest absolute Gasteiger partial charge is 0.292 e. The maximum Gasteiger partial charge on any atom is 0.292 e. The van der Waals surface area contributed by atoms with E-state index in [0.29, 0.717) is 37.6 Å². The molecule has 3 rings (SSSR count). The molecule has 1 aromatic carbocycles. The van der Waals surface area contributed by atoms with Gasteiger partial charge in [0.05, 0.1) is 18.2 Å². The Labute approximate surface area is 180 Å². The lowest BCUT2D eigenvalue weighted by Crippen LogP contribution is -2.50. The van der Waals surface area contributed by atoms with Gasteiger partial charge in [-0.05, 0) is 19.1 Å². The second kappa shape index (κ2) is 10.4. The number of nitrogens with zero attached hydrogens (tertiary/aromatic N) is 5. The Morgan fingerprint density at radius 1 is 1.10 bits per heavy atom. The summed E-state index contributed by atoms with van der Waals surface area (Å²) in [4.78, 5) is 42.6. The fourth-order valence-corrected chi connectivity index (χ4v) is 3.45. The normalized spacial score (nSPS) is 13.5. The second-order valence-corrected chi connectivity index (χ2v) is 7.29. The average Bonchev–Trinajstić information content (AvgIpc) is 3.24. The predicted molar refractivity (Wildman–Crippen MR) is 112 cm³/mol. The van der Waals surface area contributed by atoms with Crippen LogP contribution >= 0.6 is 0 Å². The van der Waals surface area contributed by atoms with E-state index in [-0.39, 0.29) is 49.3 Å². The Morgan fingerprint density at radius 3 is 2.39 bits per heavy atom. The third kappa shape index (κ3) is 5.69. The first-order valence-corrected chi connectivity index (χ1v) is 10.2. The van der Waals surface area contributed by atoms with Crippen molar-refractivity contribution in [2.75, 3.05) is 37.6 Å². The lowest BCUT2D eigenvalue weighted by molar-refractivity contribution is -0.134. The lowest BCUT2D eigenvalue weighted by atomic mass is 10.2. The summed E-state index contributed by atoms with van der Waals surface area (Å²) in [5, 5.41) is 12.6. The molecule has 0 bridgehead atoms. The zero-order valence-electron chi connectivity index (χ0n) is 17.5. The van der Waals surface area contributed by atoms with Crippen molar-refractivity contribution in [3.63, 3.8) is 0 Å². The molecule has 2 heterocycles. The van der Waals surface area contributed by atoms with Crippen LogP contribution in [0.3, 0.4) is 0 Å². The van der Waals surface area contributed by atoms with Crippen LogP contribution in [0.2, 0.25) is 0 Å². The highest BCUT2D eigenvalue weighted by molar-refractivity contribution is 5.95. The molecule has 162 valence electrons. The number of para-hydroxylation sites is 1. The van der Waals surface area contributed by atoms with Gasteiger partial charge in [-0.15, -0.1) is 0 Å². The van der Waals surface area contributed by atoms with E-state index in [1.54, 1.807) is 27.7 Å². The summed E-state index contributed by atoms with van der Waals surface area (Å²) in [7, 11) is 0. The molecule has 9 nitrogen and oxygen atoms in total. The first kappa shape index (κ1) is 22.0. The summed E-state index contributed by atoms with van der Waals surface area (Å²) in [6.07, 6.45) is 0.370. The maximum atomic E-state index is 12.7. The van der Waals surface area contributed by atoms with Gasteiger partial charge in [-0.2, -0.15) is 5.26 Å². The molecule has 1 aliphatic heterocycles. The Balaban J connectivity index is 1.49. The van der Waals surface area contributed by atoms with Crippen LogP contribution in [0.25, 0.3) is 0 Å².